The fourth-order valence-corrected chi connectivity index (χ4v) is 1.67. The topological polar surface area (TPSA) is 35.5 Å². The summed E-state index contributed by atoms with van der Waals surface area (Å²) in [5.74, 6) is 3.19. The Morgan fingerprint density at radius 2 is 2.33 bits per heavy atom. The van der Waals surface area contributed by atoms with Crippen LogP contribution in [0.4, 0.5) is 0 Å². The lowest BCUT2D eigenvalue weighted by atomic mass is 10.1. The largest absolute Gasteiger partial charge is 0.468 e. The second kappa shape index (κ2) is 6.20. The van der Waals surface area contributed by atoms with Crippen molar-refractivity contribution in [1.29, 1.82) is 0 Å². The van der Waals surface area contributed by atoms with E-state index >= 15 is 0 Å². The molecule has 1 aromatic carbocycles. The minimum absolute atomic E-state index is 0.231. The van der Waals surface area contributed by atoms with Gasteiger partial charge in [0, 0.05) is 12.7 Å². The van der Waals surface area contributed by atoms with Crippen LogP contribution in [-0.4, -0.2) is 19.8 Å². The number of benzene rings is 1. The van der Waals surface area contributed by atoms with E-state index in [4.69, 9.17) is 9.47 Å². The van der Waals surface area contributed by atoms with Crippen molar-refractivity contribution in [3.05, 3.63) is 41.5 Å². The van der Waals surface area contributed by atoms with Crippen molar-refractivity contribution >= 4 is 12.0 Å². The highest BCUT2D eigenvalue weighted by Crippen LogP contribution is 2.35. The second-order valence-corrected chi connectivity index (χ2v) is 4.29. The van der Waals surface area contributed by atoms with Crippen molar-refractivity contribution in [3.63, 3.8) is 0 Å². The third-order valence-electron chi connectivity index (χ3n) is 2.79. The first-order valence-electron chi connectivity index (χ1n) is 5.98. The Bertz CT molecular complexity index is 480. The predicted molar refractivity (Wildman–Crippen MR) is 69.9 cm³/mol. The van der Waals surface area contributed by atoms with Gasteiger partial charge in [0.05, 0.1) is 0 Å². The van der Waals surface area contributed by atoms with Crippen LogP contribution in [0, 0.1) is 5.92 Å². The number of ether oxygens (including phenoxy) is 2. The van der Waals surface area contributed by atoms with Crippen molar-refractivity contribution in [2.75, 3.05) is 13.9 Å². The number of rotatable bonds is 6. The van der Waals surface area contributed by atoms with E-state index < -0.39 is 0 Å². The fourth-order valence-electron chi connectivity index (χ4n) is 1.67. The van der Waals surface area contributed by atoms with Crippen molar-refractivity contribution < 1.29 is 14.3 Å². The van der Waals surface area contributed by atoms with E-state index in [1.807, 2.05) is 42.4 Å². The van der Waals surface area contributed by atoms with E-state index in [1.54, 1.807) is 7.11 Å². The summed E-state index contributed by atoms with van der Waals surface area (Å²) in [6, 6.07) is 7.65. The van der Waals surface area contributed by atoms with Crippen LogP contribution in [0.15, 0.2) is 35.9 Å². The quantitative estimate of drug-likeness (QED) is 0.438. The molecule has 0 aliphatic heterocycles. The van der Waals surface area contributed by atoms with Crippen LogP contribution in [0.25, 0.3) is 6.08 Å². The van der Waals surface area contributed by atoms with E-state index in [1.165, 1.54) is 0 Å². The minimum atomic E-state index is 0.231. The Balaban J connectivity index is 2.04. The molecule has 0 saturated heterocycles. The third kappa shape index (κ3) is 3.59. The van der Waals surface area contributed by atoms with Crippen molar-refractivity contribution in [3.8, 4) is 5.75 Å². The molecule has 0 heterocycles. The molecule has 3 nitrogen and oxygen atoms in total. The zero-order valence-corrected chi connectivity index (χ0v) is 10.4. The van der Waals surface area contributed by atoms with Gasteiger partial charge < -0.3 is 9.47 Å². The van der Waals surface area contributed by atoms with Gasteiger partial charge in [-0.05, 0) is 42.5 Å². The molecule has 0 bridgehead atoms. The highest BCUT2D eigenvalue weighted by atomic mass is 16.7. The Kier molecular flexibility index (Phi) is 4.35. The molecule has 3 heteroatoms. The first-order chi connectivity index (χ1) is 8.83. The molecule has 0 unspecified atom stereocenters. The van der Waals surface area contributed by atoms with E-state index in [0.29, 0.717) is 5.92 Å². The summed E-state index contributed by atoms with van der Waals surface area (Å²) in [6.07, 6.45) is 5.97. The zero-order chi connectivity index (χ0) is 12.8. The average Bonchev–Trinajstić information content (AvgIpc) is 3.22. The lowest BCUT2D eigenvalue weighted by molar-refractivity contribution is 0.0511. The van der Waals surface area contributed by atoms with E-state index in [0.717, 1.165) is 29.7 Å². The van der Waals surface area contributed by atoms with Gasteiger partial charge in [0.25, 0.3) is 0 Å². The molecule has 18 heavy (non-hydrogen) atoms. The Morgan fingerprint density at radius 1 is 1.50 bits per heavy atom. The molecule has 0 aromatic heterocycles. The summed E-state index contributed by atoms with van der Waals surface area (Å²) in [4.78, 5) is 10.8. The molecule has 1 aliphatic carbocycles. The van der Waals surface area contributed by atoms with Crippen LogP contribution in [0.3, 0.4) is 0 Å². The SMILES string of the molecule is COCOc1cccc(/C=C/C(=C=O)C2CC2)c1. The molecule has 0 atom stereocenters. The van der Waals surface area contributed by atoms with Crippen molar-refractivity contribution in [2.45, 2.75) is 12.8 Å². The van der Waals surface area contributed by atoms with Gasteiger partial charge in [0.15, 0.2) is 6.79 Å². The monoisotopic (exact) mass is 244 g/mol. The molecule has 1 aromatic rings. The average molecular weight is 244 g/mol. The Hall–Kier alpha value is -1.83. The molecule has 1 saturated carbocycles. The molecule has 2 rings (SSSR count). The first kappa shape index (κ1) is 12.6. The highest BCUT2D eigenvalue weighted by Gasteiger charge is 2.25. The van der Waals surface area contributed by atoms with Gasteiger partial charge in [0.2, 0.25) is 0 Å². The number of hydrogen-bond donors (Lipinski definition) is 0. The minimum Gasteiger partial charge on any atom is -0.468 e. The molecule has 0 amide bonds. The van der Waals surface area contributed by atoms with Crippen LogP contribution < -0.4 is 4.74 Å². The number of hydrogen-bond acceptors (Lipinski definition) is 3. The third-order valence-corrected chi connectivity index (χ3v) is 2.79. The normalized spacial score (nSPS) is 14.5. The standard InChI is InChI=1S/C15H16O3/c1-17-11-18-15-4-2-3-12(9-15)5-6-14(10-16)13-7-8-13/h2-6,9,13H,7-8,11H2,1H3/b6-5+. The summed E-state index contributed by atoms with van der Waals surface area (Å²) in [6.45, 7) is 0.231. The maximum atomic E-state index is 10.8. The summed E-state index contributed by atoms with van der Waals surface area (Å²) in [5.41, 5.74) is 1.76. The van der Waals surface area contributed by atoms with Gasteiger partial charge in [-0.3, -0.25) is 0 Å². The van der Waals surface area contributed by atoms with E-state index in [9.17, 15) is 4.79 Å². The van der Waals surface area contributed by atoms with Crippen LogP contribution in [0.1, 0.15) is 18.4 Å². The van der Waals surface area contributed by atoms with Gasteiger partial charge in [-0.2, -0.15) is 0 Å². The summed E-state index contributed by atoms with van der Waals surface area (Å²) in [5, 5.41) is 0. The lowest BCUT2D eigenvalue weighted by Gasteiger charge is -2.04. The molecule has 0 N–H and O–H groups in total. The maximum Gasteiger partial charge on any atom is 0.188 e. The van der Waals surface area contributed by atoms with Gasteiger partial charge >= 0.3 is 0 Å². The number of allylic oxidation sites excluding steroid dienone is 2. The van der Waals surface area contributed by atoms with Gasteiger partial charge in [-0.15, -0.1) is 0 Å². The molecule has 0 radical (unpaired) electrons. The summed E-state index contributed by atoms with van der Waals surface area (Å²) >= 11 is 0. The highest BCUT2D eigenvalue weighted by molar-refractivity contribution is 5.65. The van der Waals surface area contributed by atoms with E-state index in [-0.39, 0.29) is 6.79 Å². The second-order valence-electron chi connectivity index (χ2n) is 4.29. The molecule has 94 valence electrons. The van der Waals surface area contributed by atoms with Crippen LogP contribution >= 0.6 is 0 Å². The molecular formula is C15H16O3. The van der Waals surface area contributed by atoms with Gasteiger partial charge in [-0.25, -0.2) is 4.79 Å². The van der Waals surface area contributed by atoms with E-state index in [2.05, 4.69) is 0 Å². The van der Waals surface area contributed by atoms with Gasteiger partial charge in [0.1, 0.15) is 11.7 Å². The molecule has 0 spiro atoms. The molecule has 1 fully saturated rings. The Morgan fingerprint density at radius 3 is 3.00 bits per heavy atom. The fraction of sp³-hybridized carbons (Fsp3) is 0.333. The summed E-state index contributed by atoms with van der Waals surface area (Å²) in [7, 11) is 1.58. The smallest absolute Gasteiger partial charge is 0.188 e. The van der Waals surface area contributed by atoms with Gasteiger partial charge in [-0.1, -0.05) is 18.2 Å². The predicted octanol–water partition coefficient (Wildman–Crippen LogP) is 2.85. The summed E-state index contributed by atoms with van der Waals surface area (Å²) < 4.78 is 10.2. The number of methoxy groups -OCH3 is 1. The van der Waals surface area contributed by atoms with Crippen LogP contribution in [-0.2, 0) is 9.53 Å². The first-order valence-corrected chi connectivity index (χ1v) is 5.98. The molecular weight excluding hydrogens is 228 g/mol. The number of carbonyl (C=O) groups excluding carboxylic acids is 1. The van der Waals surface area contributed by atoms with Crippen LogP contribution in [0.5, 0.6) is 5.75 Å². The Labute approximate surface area is 107 Å². The maximum absolute atomic E-state index is 10.8. The zero-order valence-electron chi connectivity index (χ0n) is 10.4. The van der Waals surface area contributed by atoms with Crippen molar-refractivity contribution in [1.82, 2.24) is 0 Å². The lowest BCUT2D eigenvalue weighted by Crippen LogP contribution is -1.98. The van der Waals surface area contributed by atoms with Crippen molar-refractivity contribution in [2.24, 2.45) is 5.92 Å². The molecule has 1 aliphatic rings. The van der Waals surface area contributed by atoms with Crippen LogP contribution in [0.2, 0.25) is 0 Å².